The van der Waals surface area contributed by atoms with E-state index in [2.05, 4.69) is 0 Å². The summed E-state index contributed by atoms with van der Waals surface area (Å²) >= 11 is 0. The summed E-state index contributed by atoms with van der Waals surface area (Å²) in [5, 5.41) is 19.6. The van der Waals surface area contributed by atoms with Gasteiger partial charge in [0, 0.05) is 17.2 Å². The largest absolute Gasteiger partial charge is 0.504 e. The van der Waals surface area contributed by atoms with E-state index in [0.717, 1.165) is 6.08 Å². The van der Waals surface area contributed by atoms with Gasteiger partial charge in [0.1, 0.15) is 17.6 Å². The third-order valence-corrected chi connectivity index (χ3v) is 5.15. The second-order valence-electron chi connectivity index (χ2n) is 6.60. The van der Waals surface area contributed by atoms with E-state index in [0.29, 0.717) is 17.1 Å². The fourth-order valence-electron chi connectivity index (χ4n) is 3.35. The van der Waals surface area contributed by atoms with Crippen molar-refractivity contribution in [3.05, 3.63) is 53.1 Å². The lowest BCUT2D eigenvalue weighted by Gasteiger charge is -2.33. The Hall–Kier alpha value is -3.28. The summed E-state index contributed by atoms with van der Waals surface area (Å²) in [6, 6.07) is 7.55. The molecule has 2 aromatic rings. The molecule has 0 bridgehead atoms. The van der Waals surface area contributed by atoms with E-state index in [-0.39, 0.29) is 29.2 Å². The van der Waals surface area contributed by atoms with Crippen LogP contribution < -0.4 is 14.2 Å². The van der Waals surface area contributed by atoms with Gasteiger partial charge in [-0.2, -0.15) is 8.42 Å². The topological polar surface area (TPSA) is 149 Å². The number of phenolic OH excluding ortho intramolecular Hbond substituents is 1. The number of fused-ring (bicyclic) bond motifs is 1. The first-order valence-corrected chi connectivity index (χ1v) is 10.3. The van der Waals surface area contributed by atoms with Crippen LogP contribution in [-0.4, -0.2) is 50.0 Å². The predicted octanol–water partition coefficient (Wildman–Crippen LogP) is 2.54. The van der Waals surface area contributed by atoms with E-state index in [1.165, 1.54) is 38.5 Å². The summed E-state index contributed by atoms with van der Waals surface area (Å²) in [5.74, 6) is -1.65. The zero-order valence-corrected chi connectivity index (χ0v) is 17.3. The maximum Gasteiger partial charge on any atom is 0.397 e. The molecule has 1 aliphatic rings. The molecule has 0 radical (unpaired) electrons. The van der Waals surface area contributed by atoms with E-state index in [9.17, 15) is 22.9 Å². The van der Waals surface area contributed by atoms with E-state index in [1.807, 2.05) is 0 Å². The maximum absolute atomic E-state index is 11.6. The van der Waals surface area contributed by atoms with Crippen LogP contribution in [0.4, 0.5) is 0 Å². The Morgan fingerprint density at radius 1 is 1.16 bits per heavy atom. The molecule has 1 heterocycles. The number of benzene rings is 2. The van der Waals surface area contributed by atoms with Crippen LogP contribution in [0.25, 0.3) is 6.08 Å². The molecule has 2 aromatic carbocycles. The molecular formula is C20H20O10S. The highest BCUT2D eigenvalue weighted by Crippen LogP contribution is 2.48. The van der Waals surface area contributed by atoms with Crippen LogP contribution in [0.1, 0.15) is 28.7 Å². The van der Waals surface area contributed by atoms with Gasteiger partial charge in [-0.15, -0.1) is 0 Å². The van der Waals surface area contributed by atoms with Crippen LogP contribution in [0, 0.1) is 0 Å². The minimum atomic E-state index is -4.89. The number of carboxylic acid groups (broad SMARTS) is 1. The molecule has 0 saturated carbocycles. The molecule has 0 aliphatic carbocycles. The van der Waals surface area contributed by atoms with Crippen molar-refractivity contribution in [3.63, 3.8) is 0 Å². The van der Waals surface area contributed by atoms with Crippen molar-refractivity contribution in [1.82, 2.24) is 0 Å². The van der Waals surface area contributed by atoms with Gasteiger partial charge in [0.15, 0.2) is 11.5 Å². The fourth-order valence-corrected chi connectivity index (χ4v) is 3.85. The standard InChI is InChI=1S/C20H20O10S/c1-27-12-4-5-16-14(9-12)20(30-31(24,25)26)15(10-29-16)13-7-11(3-6-18(21)22)8-17(28-2)19(13)23/h3-9,15,20,23H,10H2,1-2H3,(H,21,22)(H,24,25,26)/b6-3+/t15-,20+/m0/s1. The van der Waals surface area contributed by atoms with Crippen molar-refractivity contribution in [1.29, 1.82) is 0 Å². The van der Waals surface area contributed by atoms with Gasteiger partial charge < -0.3 is 24.4 Å². The number of ether oxygens (including phenoxy) is 3. The third kappa shape index (κ3) is 5.08. The molecular weight excluding hydrogens is 432 g/mol. The smallest absolute Gasteiger partial charge is 0.397 e. The van der Waals surface area contributed by atoms with Crippen LogP contribution in [0.2, 0.25) is 0 Å². The Bertz CT molecular complexity index is 1120. The summed E-state index contributed by atoms with van der Waals surface area (Å²) in [7, 11) is -2.15. The van der Waals surface area contributed by atoms with Crippen molar-refractivity contribution in [2.24, 2.45) is 0 Å². The number of carbonyl (C=O) groups is 1. The van der Waals surface area contributed by atoms with Crippen LogP contribution in [0.5, 0.6) is 23.0 Å². The average Bonchev–Trinajstić information content (AvgIpc) is 2.72. The molecule has 0 saturated heterocycles. The molecule has 10 nitrogen and oxygen atoms in total. The first-order valence-electron chi connectivity index (χ1n) is 8.91. The molecule has 0 aromatic heterocycles. The molecule has 31 heavy (non-hydrogen) atoms. The minimum Gasteiger partial charge on any atom is -0.504 e. The Balaban J connectivity index is 2.17. The first kappa shape index (κ1) is 22.4. The molecule has 2 atom stereocenters. The number of hydrogen-bond acceptors (Lipinski definition) is 8. The summed E-state index contributed by atoms with van der Waals surface area (Å²) in [4.78, 5) is 10.9. The average molecular weight is 452 g/mol. The second kappa shape index (κ2) is 8.84. The Kier molecular flexibility index (Phi) is 6.39. The zero-order chi connectivity index (χ0) is 22.8. The molecule has 11 heteroatoms. The second-order valence-corrected chi connectivity index (χ2v) is 7.65. The van der Waals surface area contributed by atoms with Crippen LogP contribution in [0.15, 0.2) is 36.4 Å². The Morgan fingerprint density at radius 2 is 1.90 bits per heavy atom. The monoisotopic (exact) mass is 452 g/mol. The minimum absolute atomic E-state index is 0.0320. The number of hydrogen-bond donors (Lipinski definition) is 3. The lowest BCUT2D eigenvalue weighted by Crippen LogP contribution is -2.28. The highest BCUT2D eigenvalue weighted by Gasteiger charge is 2.38. The molecule has 1 aliphatic heterocycles. The number of carboxylic acids is 1. The molecule has 3 rings (SSSR count). The lowest BCUT2D eigenvalue weighted by molar-refractivity contribution is -0.131. The van der Waals surface area contributed by atoms with E-state index >= 15 is 0 Å². The maximum atomic E-state index is 11.6. The van der Waals surface area contributed by atoms with Crippen LogP contribution in [-0.2, 0) is 19.4 Å². The van der Waals surface area contributed by atoms with Crippen molar-refractivity contribution in [3.8, 4) is 23.0 Å². The highest BCUT2D eigenvalue weighted by atomic mass is 32.3. The van der Waals surface area contributed by atoms with Gasteiger partial charge in [-0.1, -0.05) is 0 Å². The SMILES string of the molecule is COc1ccc2c(c1)[C@@H](OS(=O)(=O)O)[C@H](c1cc(/C=C/C(=O)O)cc(OC)c1O)CO2. The number of aliphatic carboxylic acids is 1. The van der Waals surface area contributed by atoms with Gasteiger partial charge in [-0.05, 0) is 42.0 Å². The van der Waals surface area contributed by atoms with Crippen LogP contribution >= 0.6 is 0 Å². The number of rotatable bonds is 7. The highest BCUT2D eigenvalue weighted by molar-refractivity contribution is 7.80. The fraction of sp³-hybridized carbons (Fsp3) is 0.250. The summed E-state index contributed by atoms with van der Waals surface area (Å²) in [6.45, 7) is -0.109. The molecule has 0 unspecified atom stereocenters. The number of phenols is 1. The lowest BCUT2D eigenvalue weighted by atomic mass is 9.86. The van der Waals surface area contributed by atoms with Crippen molar-refractivity contribution in [2.75, 3.05) is 20.8 Å². The molecule has 0 spiro atoms. The molecule has 166 valence electrons. The molecule has 0 amide bonds. The Labute approximate surface area is 178 Å². The zero-order valence-electron chi connectivity index (χ0n) is 16.5. The molecule has 0 fully saturated rings. The summed E-state index contributed by atoms with van der Waals surface area (Å²) in [6.07, 6.45) is 0.912. The van der Waals surface area contributed by atoms with Gasteiger partial charge in [-0.3, -0.25) is 4.55 Å². The van der Waals surface area contributed by atoms with Gasteiger partial charge >= 0.3 is 16.4 Å². The van der Waals surface area contributed by atoms with E-state index < -0.39 is 28.4 Å². The van der Waals surface area contributed by atoms with Gasteiger partial charge in [-0.25, -0.2) is 8.98 Å². The van der Waals surface area contributed by atoms with E-state index in [1.54, 1.807) is 12.1 Å². The van der Waals surface area contributed by atoms with Crippen molar-refractivity contribution >= 4 is 22.4 Å². The first-order chi connectivity index (χ1) is 14.6. The quantitative estimate of drug-likeness (QED) is 0.422. The Morgan fingerprint density at radius 3 is 2.52 bits per heavy atom. The van der Waals surface area contributed by atoms with Crippen LogP contribution in [0.3, 0.4) is 0 Å². The normalized spacial score (nSPS) is 18.3. The third-order valence-electron chi connectivity index (χ3n) is 4.70. The van der Waals surface area contributed by atoms with Gasteiger partial charge in [0.2, 0.25) is 0 Å². The molecule has 3 N–H and O–H groups in total. The summed E-state index contributed by atoms with van der Waals surface area (Å²) < 4.78 is 53.6. The number of methoxy groups -OCH3 is 2. The number of aromatic hydroxyl groups is 1. The predicted molar refractivity (Wildman–Crippen MR) is 108 cm³/mol. The van der Waals surface area contributed by atoms with Gasteiger partial charge in [0.25, 0.3) is 0 Å². The van der Waals surface area contributed by atoms with Crippen molar-refractivity contribution < 1.29 is 46.4 Å². The van der Waals surface area contributed by atoms with E-state index in [4.69, 9.17) is 23.5 Å². The van der Waals surface area contributed by atoms with Crippen molar-refractivity contribution in [2.45, 2.75) is 12.0 Å². The summed E-state index contributed by atoms with van der Waals surface area (Å²) in [5.41, 5.74) is 0.818. The van der Waals surface area contributed by atoms with Gasteiger partial charge in [0.05, 0.1) is 26.7 Å².